The highest BCUT2D eigenvalue weighted by Crippen LogP contribution is 2.24. The van der Waals surface area contributed by atoms with E-state index in [4.69, 9.17) is 10.5 Å². The van der Waals surface area contributed by atoms with Crippen LogP contribution in [0.1, 0.15) is 39.0 Å². The summed E-state index contributed by atoms with van der Waals surface area (Å²) in [4.78, 5) is 11.8. The molecule has 118 valence electrons. The Balaban J connectivity index is 2.21. The van der Waals surface area contributed by atoms with Crippen LogP contribution >= 0.6 is 11.8 Å². The quantitative estimate of drug-likeness (QED) is 0.508. The second-order valence-electron chi connectivity index (χ2n) is 4.92. The van der Waals surface area contributed by atoms with Crippen molar-refractivity contribution in [2.75, 3.05) is 29.7 Å². The van der Waals surface area contributed by atoms with Crippen LogP contribution in [0.2, 0.25) is 0 Å². The highest BCUT2D eigenvalue weighted by Gasteiger charge is 2.06. The summed E-state index contributed by atoms with van der Waals surface area (Å²) < 4.78 is 5.08. The summed E-state index contributed by atoms with van der Waals surface area (Å²) in [6.07, 6.45) is 5.26. The molecule has 0 unspecified atom stereocenters. The molecular weight excluding hydrogens is 284 g/mol. The van der Waals surface area contributed by atoms with E-state index in [1.54, 1.807) is 25.3 Å². The number of methoxy groups -OCH3 is 1. The lowest BCUT2D eigenvalue weighted by atomic mass is 10.2. The molecule has 0 saturated heterocycles. The summed E-state index contributed by atoms with van der Waals surface area (Å²) >= 11 is 1.93. The number of nitrogen functional groups attached to an aromatic ring is 1. The van der Waals surface area contributed by atoms with E-state index in [-0.39, 0.29) is 5.91 Å². The van der Waals surface area contributed by atoms with Gasteiger partial charge in [-0.25, -0.2) is 0 Å². The average Bonchev–Trinajstić information content (AvgIpc) is 2.48. The van der Waals surface area contributed by atoms with Crippen LogP contribution in [0.4, 0.5) is 11.4 Å². The second kappa shape index (κ2) is 10.4. The molecule has 0 aliphatic carbocycles. The van der Waals surface area contributed by atoms with E-state index < -0.39 is 0 Å². The predicted molar refractivity (Wildman–Crippen MR) is 92.1 cm³/mol. The number of benzene rings is 1. The number of hydrogen-bond acceptors (Lipinski definition) is 4. The van der Waals surface area contributed by atoms with Crippen LogP contribution in [0.5, 0.6) is 5.75 Å². The molecule has 0 spiro atoms. The number of hydrogen-bond donors (Lipinski definition) is 2. The highest BCUT2D eigenvalue weighted by atomic mass is 32.2. The van der Waals surface area contributed by atoms with Gasteiger partial charge in [0.1, 0.15) is 5.75 Å². The van der Waals surface area contributed by atoms with E-state index in [1.807, 2.05) is 11.8 Å². The molecule has 0 saturated carbocycles. The van der Waals surface area contributed by atoms with E-state index in [0.717, 1.165) is 12.2 Å². The molecule has 3 N–H and O–H groups in total. The maximum absolute atomic E-state index is 11.8. The number of anilines is 2. The van der Waals surface area contributed by atoms with Crippen molar-refractivity contribution in [3.05, 3.63) is 18.2 Å². The van der Waals surface area contributed by atoms with Crippen molar-refractivity contribution in [1.82, 2.24) is 0 Å². The van der Waals surface area contributed by atoms with Gasteiger partial charge in [-0.2, -0.15) is 11.8 Å². The zero-order valence-electron chi connectivity index (χ0n) is 13.0. The van der Waals surface area contributed by atoms with Crippen LogP contribution in [0, 0.1) is 0 Å². The molecule has 0 bridgehead atoms. The molecule has 4 nitrogen and oxygen atoms in total. The summed E-state index contributed by atoms with van der Waals surface area (Å²) in [6, 6.07) is 5.26. The number of nitrogens with one attached hydrogen (secondary N) is 1. The largest absolute Gasteiger partial charge is 0.497 e. The molecule has 0 atom stereocenters. The van der Waals surface area contributed by atoms with Crippen molar-refractivity contribution in [1.29, 1.82) is 0 Å². The first kappa shape index (κ1) is 17.7. The molecule has 0 fully saturated rings. The molecule has 5 heteroatoms. The van der Waals surface area contributed by atoms with E-state index in [9.17, 15) is 4.79 Å². The van der Waals surface area contributed by atoms with Gasteiger partial charge >= 0.3 is 0 Å². The first-order chi connectivity index (χ1) is 10.2. The average molecular weight is 310 g/mol. The number of nitrogens with two attached hydrogens (primary N) is 1. The monoisotopic (exact) mass is 310 g/mol. The van der Waals surface area contributed by atoms with E-state index in [1.165, 1.54) is 25.0 Å². The summed E-state index contributed by atoms with van der Waals surface area (Å²) in [5, 5.41) is 2.84. The third-order valence-electron chi connectivity index (χ3n) is 3.12. The zero-order chi connectivity index (χ0) is 15.5. The molecule has 1 aromatic rings. The molecule has 0 aliphatic heterocycles. The number of rotatable bonds is 10. The van der Waals surface area contributed by atoms with Crippen molar-refractivity contribution in [3.8, 4) is 5.75 Å². The zero-order valence-corrected chi connectivity index (χ0v) is 13.8. The maximum Gasteiger partial charge on any atom is 0.224 e. The number of carbonyl (C=O) groups is 1. The number of thioether (sulfide) groups is 1. The third kappa shape index (κ3) is 7.27. The van der Waals surface area contributed by atoms with Crippen LogP contribution in [-0.4, -0.2) is 24.5 Å². The van der Waals surface area contributed by atoms with Crippen molar-refractivity contribution in [3.63, 3.8) is 0 Å². The fourth-order valence-electron chi connectivity index (χ4n) is 1.89. The van der Waals surface area contributed by atoms with Gasteiger partial charge in [-0.15, -0.1) is 0 Å². The van der Waals surface area contributed by atoms with Crippen molar-refractivity contribution < 1.29 is 9.53 Å². The van der Waals surface area contributed by atoms with Crippen molar-refractivity contribution >= 4 is 29.0 Å². The molecule has 1 aromatic carbocycles. The van der Waals surface area contributed by atoms with Gasteiger partial charge in [0, 0.05) is 12.5 Å². The Labute approximate surface area is 131 Å². The molecule has 0 aromatic heterocycles. The Morgan fingerprint density at radius 1 is 1.29 bits per heavy atom. The first-order valence-corrected chi connectivity index (χ1v) is 8.64. The van der Waals surface area contributed by atoms with Crippen LogP contribution in [0.15, 0.2) is 18.2 Å². The minimum absolute atomic E-state index is 0.0148. The number of ether oxygens (including phenoxy) is 1. The molecule has 21 heavy (non-hydrogen) atoms. The van der Waals surface area contributed by atoms with Gasteiger partial charge in [0.05, 0.1) is 18.5 Å². The third-order valence-corrected chi connectivity index (χ3v) is 4.27. The fourth-order valence-corrected chi connectivity index (χ4v) is 2.85. The van der Waals surface area contributed by atoms with Gasteiger partial charge in [0.25, 0.3) is 0 Å². The minimum atomic E-state index is 0.0148. The molecule has 0 radical (unpaired) electrons. The van der Waals surface area contributed by atoms with Gasteiger partial charge < -0.3 is 15.8 Å². The first-order valence-electron chi connectivity index (χ1n) is 7.48. The van der Waals surface area contributed by atoms with Crippen LogP contribution in [-0.2, 0) is 4.79 Å². The topological polar surface area (TPSA) is 64.3 Å². The Morgan fingerprint density at radius 3 is 2.71 bits per heavy atom. The van der Waals surface area contributed by atoms with Crippen LogP contribution in [0.25, 0.3) is 0 Å². The predicted octanol–water partition coefficient (Wildman–Crippen LogP) is 3.92. The number of carbonyl (C=O) groups excluding carboxylic acids is 1. The van der Waals surface area contributed by atoms with Gasteiger partial charge in [0.2, 0.25) is 5.91 Å². The van der Waals surface area contributed by atoms with E-state index in [0.29, 0.717) is 23.5 Å². The Hall–Kier alpha value is -1.36. The van der Waals surface area contributed by atoms with Gasteiger partial charge in [-0.1, -0.05) is 19.8 Å². The molecule has 0 aliphatic rings. The molecular formula is C16H26N2O2S. The smallest absolute Gasteiger partial charge is 0.224 e. The summed E-state index contributed by atoms with van der Waals surface area (Å²) in [5.74, 6) is 2.94. The Bertz CT molecular complexity index is 438. The van der Waals surface area contributed by atoms with Crippen molar-refractivity contribution in [2.24, 2.45) is 0 Å². The van der Waals surface area contributed by atoms with Gasteiger partial charge in [-0.05, 0) is 36.5 Å². The molecule has 1 amide bonds. The van der Waals surface area contributed by atoms with Crippen LogP contribution in [0.3, 0.4) is 0 Å². The van der Waals surface area contributed by atoms with Gasteiger partial charge in [0.15, 0.2) is 0 Å². The minimum Gasteiger partial charge on any atom is -0.497 e. The Morgan fingerprint density at radius 2 is 2.05 bits per heavy atom. The fraction of sp³-hybridized carbons (Fsp3) is 0.562. The standard InChI is InChI=1S/C16H26N2O2S/c1-3-4-5-10-21-11-6-7-16(19)18-15-9-8-13(20-2)12-14(15)17/h8-9,12H,3-7,10-11,17H2,1-2H3,(H,18,19). The van der Waals surface area contributed by atoms with Crippen molar-refractivity contribution in [2.45, 2.75) is 39.0 Å². The number of unbranched alkanes of at least 4 members (excludes halogenated alkanes) is 2. The van der Waals surface area contributed by atoms with Gasteiger partial charge in [-0.3, -0.25) is 4.79 Å². The summed E-state index contributed by atoms with van der Waals surface area (Å²) in [5.41, 5.74) is 7.04. The molecule has 0 heterocycles. The second-order valence-corrected chi connectivity index (χ2v) is 6.15. The summed E-state index contributed by atoms with van der Waals surface area (Å²) in [6.45, 7) is 2.21. The lowest BCUT2D eigenvalue weighted by Gasteiger charge is -2.09. The lowest BCUT2D eigenvalue weighted by molar-refractivity contribution is -0.116. The summed E-state index contributed by atoms with van der Waals surface area (Å²) in [7, 11) is 1.59. The Kier molecular flexibility index (Phi) is 8.74. The van der Waals surface area contributed by atoms with E-state index >= 15 is 0 Å². The normalized spacial score (nSPS) is 10.4. The molecule has 1 rings (SSSR count). The maximum atomic E-state index is 11.8. The number of amides is 1. The van der Waals surface area contributed by atoms with Crippen LogP contribution < -0.4 is 15.8 Å². The SMILES string of the molecule is CCCCCSCCCC(=O)Nc1ccc(OC)cc1N. The van der Waals surface area contributed by atoms with E-state index in [2.05, 4.69) is 12.2 Å². The highest BCUT2D eigenvalue weighted by molar-refractivity contribution is 7.99. The lowest BCUT2D eigenvalue weighted by Crippen LogP contribution is -2.12.